The van der Waals surface area contributed by atoms with Crippen LogP contribution in [-0.2, 0) is 9.59 Å². The van der Waals surface area contributed by atoms with Gasteiger partial charge in [-0.15, -0.1) is 0 Å². The number of aliphatic carboxylic acids is 2. The van der Waals surface area contributed by atoms with Gasteiger partial charge in [0.05, 0.1) is 12.3 Å². The van der Waals surface area contributed by atoms with Gasteiger partial charge in [-0.05, 0) is 0 Å². The van der Waals surface area contributed by atoms with Gasteiger partial charge in [-0.1, -0.05) is 6.88 Å². The fourth-order valence-electron chi connectivity index (χ4n) is 0.195. The van der Waals surface area contributed by atoms with Gasteiger partial charge in [-0.3, -0.25) is 9.59 Å². The lowest BCUT2D eigenvalue weighted by Crippen LogP contribution is -2.13. The molecule has 0 rings (SSSR count). The lowest BCUT2D eigenvalue weighted by molar-refractivity contribution is -0.147. The summed E-state index contributed by atoms with van der Waals surface area (Å²) < 4.78 is 27.1. The van der Waals surface area contributed by atoms with Crippen molar-refractivity contribution in [3.8, 4) is 0 Å². The van der Waals surface area contributed by atoms with E-state index in [1.807, 2.05) is 0 Å². The van der Waals surface area contributed by atoms with Gasteiger partial charge in [0.15, 0.2) is 0 Å². The van der Waals surface area contributed by atoms with E-state index in [1.54, 1.807) is 0 Å². The molecule has 0 bridgehead atoms. The molecule has 4 nitrogen and oxygen atoms in total. The first-order chi connectivity index (χ1) is 5.71. The number of carboxylic acid groups (broad SMARTS) is 2. The number of rotatable bonds is 3. The molecule has 0 aromatic rings. The Morgan fingerprint density at radius 2 is 2.33 bits per heavy atom. The molecular weight excluding hydrogens is 124 g/mol. The summed E-state index contributed by atoms with van der Waals surface area (Å²) >= 11 is 0. The summed E-state index contributed by atoms with van der Waals surface area (Å²) in [4.78, 5) is 20.6. The molecule has 0 aromatic heterocycles. The Morgan fingerprint density at radius 3 is 2.44 bits per heavy atom. The highest BCUT2D eigenvalue weighted by atomic mass is 16.4. The van der Waals surface area contributed by atoms with Gasteiger partial charge in [0.2, 0.25) is 0 Å². The third kappa shape index (κ3) is 3.52. The van der Waals surface area contributed by atoms with E-state index >= 15 is 0 Å². The van der Waals surface area contributed by atoms with Crippen molar-refractivity contribution in [2.45, 2.75) is 13.2 Å². The van der Waals surface area contributed by atoms with Crippen LogP contribution in [0.25, 0.3) is 0 Å². The molecular formula is C5H8O4. The van der Waals surface area contributed by atoms with Crippen LogP contribution in [0.3, 0.4) is 0 Å². The molecule has 4 heteroatoms. The predicted octanol–water partition coefficient (Wildman–Crippen LogP) is 0.182. The zero-order valence-electron chi connectivity index (χ0n) is 8.37. The molecule has 0 spiro atoms. The second-order valence-corrected chi connectivity index (χ2v) is 1.27. The van der Waals surface area contributed by atoms with Crippen LogP contribution in [0.15, 0.2) is 0 Å². The average Bonchev–Trinajstić information content (AvgIpc) is 1.82. The van der Waals surface area contributed by atoms with E-state index in [0.717, 1.165) is 0 Å². The zero-order chi connectivity index (χ0) is 10.8. The number of carbonyl (C=O) groups is 2. The molecule has 0 fully saturated rings. The lowest BCUT2D eigenvalue weighted by atomic mass is 10.1. The first kappa shape index (κ1) is 3.20. The molecule has 0 radical (unpaired) electrons. The van der Waals surface area contributed by atoms with Gasteiger partial charge < -0.3 is 10.2 Å². The Bertz CT molecular complexity index is 227. The largest absolute Gasteiger partial charge is 0.481 e. The topological polar surface area (TPSA) is 74.6 Å². The molecule has 0 aliphatic rings. The maximum Gasteiger partial charge on any atom is 0.306 e. The van der Waals surface area contributed by atoms with Crippen LogP contribution in [-0.4, -0.2) is 22.2 Å². The highest BCUT2D eigenvalue weighted by Crippen LogP contribution is 1.99. The van der Waals surface area contributed by atoms with Crippen LogP contribution in [0.2, 0.25) is 0 Å². The molecule has 0 aliphatic carbocycles. The second kappa shape index (κ2) is 3.06. The molecule has 52 valence electrons. The Labute approximate surface area is 57.7 Å². The summed E-state index contributed by atoms with van der Waals surface area (Å²) in [5, 5.41) is 16.7. The molecule has 2 N–H and O–H groups in total. The standard InChI is InChI=1S/C5H8O4/c1-3(5(8)9)2-4(6)7/h3H,2H2,1H3,(H,6,7)(H,8,9)/i1D2,2D2. The number of hydrogen-bond donors (Lipinski definition) is 2. The third-order valence-corrected chi connectivity index (χ3v) is 0.545. The van der Waals surface area contributed by atoms with Crippen molar-refractivity contribution < 1.29 is 25.3 Å². The van der Waals surface area contributed by atoms with E-state index < -0.39 is 31.1 Å². The fraction of sp³-hybridized carbons (Fsp3) is 0.600. The first-order valence-electron chi connectivity index (χ1n) is 4.17. The second-order valence-electron chi connectivity index (χ2n) is 1.27. The van der Waals surface area contributed by atoms with Crippen molar-refractivity contribution >= 4 is 11.9 Å². The molecule has 0 saturated heterocycles. The van der Waals surface area contributed by atoms with Crippen molar-refractivity contribution in [2.24, 2.45) is 5.92 Å². The van der Waals surface area contributed by atoms with Crippen LogP contribution in [0.4, 0.5) is 0 Å². The molecule has 0 saturated carbocycles. The van der Waals surface area contributed by atoms with Crippen molar-refractivity contribution in [3.05, 3.63) is 0 Å². The fourth-order valence-corrected chi connectivity index (χ4v) is 0.195. The summed E-state index contributed by atoms with van der Waals surface area (Å²) in [5.74, 6) is -5.98. The minimum absolute atomic E-state index is 1.80. The van der Waals surface area contributed by atoms with Gasteiger partial charge in [0, 0.05) is 5.48 Å². The molecule has 1 atom stereocenters. The summed E-state index contributed by atoms with van der Waals surface area (Å²) in [6.07, 6.45) is -3.10. The van der Waals surface area contributed by atoms with Crippen LogP contribution in [0.1, 0.15) is 18.7 Å². The van der Waals surface area contributed by atoms with Gasteiger partial charge in [0.1, 0.15) is 0 Å². The normalized spacial score (nSPS) is 21.0. The van der Waals surface area contributed by atoms with Crippen molar-refractivity contribution in [2.75, 3.05) is 0 Å². The Kier molecular flexibility index (Phi) is 1.09. The minimum atomic E-state index is -3.10. The summed E-state index contributed by atoms with van der Waals surface area (Å²) in [6, 6.07) is 0. The SMILES string of the molecule is [2H]C([2H])C(C(=O)O)C([2H])([2H])C(=O)O. The van der Waals surface area contributed by atoms with E-state index in [-0.39, 0.29) is 0 Å². The highest BCUT2D eigenvalue weighted by molar-refractivity contribution is 5.77. The van der Waals surface area contributed by atoms with Crippen molar-refractivity contribution in [3.63, 3.8) is 0 Å². The highest BCUT2D eigenvalue weighted by Gasteiger charge is 2.13. The number of hydrogen-bond acceptors (Lipinski definition) is 2. The van der Waals surface area contributed by atoms with Gasteiger partial charge >= 0.3 is 11.9 Å². The van der Waals surface area contributed by atoms with Gasteiger partial charge in [-0.2, -0.15) is 0 Å². The van der Waals surface area contributed by atoms with Crippen LogP contribution in [0, 0.1) is 5.92 Å². The van der Waals surface area contributed by atoms with E-state index in [0.29, 0.717) is 0 Å². The summed E-state index contributed by atoms with van der Waals surface area (Å²) in [5.41, 5.74) is 0. The van der Waals surface area contributed by atoms with Gasteiger partial charge in [0.25, 0.3) is 0 Å². The van der Waals surface area contributed by atoms with Crippen molar-refractivity contribution in [1.82, 2.24) is 0 Å². The quantitative estimate of drug-likeness (QED) is 0.580. The lowest BCUT2D eigenvalue weighted by Gasteiger charge is -1.98. The zero-order valence-corrected chi connectivity index (χ0v) is 4.37. The average molecular weight is 136 g/mol. The number of carboxylic acids is 2. The monoisotopic (exact) mass is 136 g/mol. The maximum absolute atomic E-state index is 10.3. The van der Waals surface area contributed by atoms with E-state index in [2.05, 4.69) is 0 Å². The molecule has 0 heterocycles. The Morgan fingerprint density at radius 1 is 1.78 bits per heavy atom. The van der Waals surface area contributed by atoms with Crippen LogP contribution in [0.5, 0.6) is 0 Å². The first-order valence-corrected chi connectivity index (χ1v) is 2.02. The molecule has 0 amide bonds. The maximum atomic E-state index is 10.3. The molecule has 9 heavy (non-hydrogen) atoms. The Balaban J connectivity index is 4.94. The van der Waals surface area contributed by atoms with E-state index in [4.69, 9.17) is 15.7 Å². The summed E-state index contributed by atoms with van der Waals surface area (Å²) in [6.45, 7) is -2.07. The van der Waals surface area contributed by atoms with Gasteiger partial charge in [-0.25, -0.2) is 0 Å². The smallest absolute Gasteiger partial charge is 0.306 e. The van der Waals surface area contributed by atoms with Crippen LogP contribution < -0.4 is 0 Å². The van der Waals surface area contributed by atoms with Crippen LogP contribution >= 0.6 is 0 Å². The predicted molar refractivity (Wildman–Crippen MR) is 29.1 cm³/mol. The molecule has 1 unspecified atom stereocenters. The molecule has 0 aromatic carbocycles. The summed E-state index contributed by atoms with van der Waals surface area (Å²) in [7, 11) is 0. The Hall–Kier alpha value is -1.06. The molecule has 0 aliphatic heterocycles. The van der Waals surface area contributed by atoms with Crippen molar-refractivity contribution in [1.29, 1.82) is 0 Å². The minimum Gasteiger partial charge on any atom is -0.481 e. The van der Waals surface area contributed by atoms with E-state index in [9.17, 15) is 9.59 Å². The third-order valence-electron chi connectivity index (χ3n) is 0.545. The van der Waals surface area contributed by atoms with E-state index in [1.165, 1.54) is 0 Å².